The standard InChI is InChI=1S/C19H17BrN2O4S/c1-24-12-5-6-14(20)13(9-12)18(23)22-19-21-15(10-27-19)11-4-7-16(25-2)17(8-11)26-3/h4-10H,1-3H3,(H,21,22,23). The monoisotopic (exact) mass is 448 g/mol. The summed E-state index contributed by atoms with van der Waals surface area (Å²) in [5, 5.41) is 5.19. The van der Waals surface area contributed by atoms with Gasteiger partial charge in [-0.25, -0.2) is 4.98 Å². The highest BCUT2D eigenvalue weighted by Crippen LogP contribution is 2.33. The van der Waals surface area contributed by atoms with Crippen molar-refractivity contribution in [1.29, 1.82) is 0 Å². The first-order valence-electron chi connectivity index (χ1n) is 7.88. The fraction of sp³-hybridized carbons (Fsp3) is 0.158. The van der Waals surface area contributed by atoms with E-state index in [0.717, 1.165) is 11.3 Å². The molecule has 0 fully saturated rings. The minimum Gasteiger partial charge on any atom is -0.497 e. The molecule has 0 aliphatic rings. The van der Waals surface area contributed by atoms with E-state index in [2.05, 4.69) is 26.2 Å². The van der Waals surface area contributed by atoms with Crippen molar-refractivity contribution in [3.63, 3.8) is 0 Å². The van der Waals surface area contributed by atoms with E-state index in [4.69, 9.17) is 14.2 Å². The average molecular weight is 449 g/mol. The van der Waals surface area contributed by atoms with E-state index >= 15 is 0 Å². The molecule has 0 aliphatic carbocycles. The molecule has 0 unspecified atom stereocenters. The topological polar surface area (TPSA) is 69.7 Å². The van der Waals surface area contributed by atoms with Gasteiger partial charge in [-0.1, -0.05) is 0 Å². The summed E-state index contributed by atoms with van der Waals surface area (Å²) in [7, 11) is 4.73. The number of ether oxygens (including phenoxy) is 3. The van der Waals surface area contributed by atoms with Crippen LogP contribution in [0.2, 0.25) is 0 Å². The SMILES string of the molecule is COc1ccc(Br)c(C(=O)Nc2nc(-c3ccc(OC)c(OC)c3)cs2)c1. The van der Waals surface area contributed by atoms with E-state index in [1.165, 1.54) is 11.3 Å². The molecule has 0 aliphatic heterocycles. The third-order valence-electron chi connectivity index (χ3n) is 3.82. The van der Waals surface area contributed by atoms with Gasteiger partial charge in [0.25, 0.3) is 5.91 Å². The number of aromatic nitrogens is 1. The maximum atomic E-state index is 12.6. The molecule has 0 saturated carbocycles. The lowest BCUT2D eigenvalue weighted by molar-refractivity contribution is 0.102. The van der Waals surface area contributed by atoms with Crippen LogP contribution in [-0.2, 0) is 0 Å². The van der Waals surface area contributed by atoms with Crippen LogP contribution < -0.4 is 19.5 Å². The molecule has 0 bridgehead atoms. The molecular weight excluding hydrogens is 432 g/mol. The molecule has 8 heteroatoms. The number of rotatable bonds is 6. The number of carbonyl (C=O) groups is 1. The van der Waals surface area contributed by atoms with Gasteiger partial charge in [0.05, 0.1) is 32.6 Å². The molecule has 3 rings (SSSR count). The first-order valence-corrected chi connectivity index (χ1v) is 9.55. The second-order valence-corrected chi connectivity index (χ2v) is 7.12. The van der Waals surface area contributed by atoms with Gasteiger partial charge in [0, 0.05) is 15.4 Å². The van der Waals surface area contributed by atoms with Crippen molar-refractivity contribution in [3.8, 4) is 28.5 Å². The van der Waals surface area contributed by atoms with Crippen LogP contribution in [0.1, 0.15) is 10.4 Å². The highest BCUT2D eigenvalue weighted by atomic mass is 79.9. The van der Waals surface area contributed by atoms with Crippen LogP contribution in [-0.4, -0.2) is 32.2 Å². The number of amides is 1. The largest absolute Gasteiger partial charge is 0.497 e. The highest BCUT2D eigenvalue weighted by Gasteiger charge is 2.15. The number of nitrogens with zero attached hydrogens (tertiary/aromatic N) is 1. The van der Waals surface area contributed by atoms with Crippen LogP contribution in [0.4, 0.5) is 5.13 Å². The molecule has 140 valence electrons. The van der Waals surface area contributed by atoms with E-state index in [-0.39, 0.29) is 5.91 Å². The lowest BCUT2D eigenvalue weighted by atomic mass is 10.1. The molecular formula is C19H17BrN2O4S. The molecule has 2 aromatic carbocycles. The van der Waals surface area contributed by atoms with Gasteiger partial charge >= 0.3 is 0 Å². The molecule has 0 radical (unpaired) electrons. The number of methoxy groups -OCH3 is 3. The van der Waals surface area contributed by atoms with Gasteiger partial charge in [-0.2, -0.15) is 0 Å². The summed E-state index contributed by atoms with van der Waals surface area (Å²) < 4.78 is 16.4. The third-order valence-corrected chi connectivity index (χ3v) is 5.27. The number of hydrogen-bond acceptors (Lipinski definition) is 6. The Morgan fingerprint density at radius 2 is 1.81 bits per heavy atom. The Hall–Kier alpha value is -2.58. The van der Waals surface area contributed by atoms with Crippen molar-refractivity contribution >= 4 is 38.3 Å². The zero-order valence-corrected chi connectivity index (χ0v) is 17.3. The predicted molar refractivity (Wildman–Crippen MR) is 109 cm³/mol. The molecule has 6 nitrogen and oxygen atoms in total. The van der Waals surface area contributed by atoms with Crippen molar-refractivity contribution in [2.75, 3.05) is 26.6 Å². The maximum Gasteiger partial charge on any atom is 0.258 e. The smallest absolute Gasteiger partial charge is 0.258 e. The van der Waals surface area contributed by atoms with Crippen LogP contribution in [0.3, 0.4) is 0 Å². The number of hydrogen-bond donors (Lipinski definition) is 1. The summed E-state index contributed by atoms with van der Waals surface area (Å²) in [6.45, 7) is 0. The quantitative estimate of drug-likeness (QED) is 0.583. The average Bonchev–Trinajstić information content (AvgIpc) is 3.16. The lowest BCUT2D eigenvalue weighted by Crippen LogP contribution is -2.12. The summed E-state index contributed by atoms with van der Waals surface area (Å²) >= 11 is 4.73. The summed E-state index contributed by atoms with van der Waals surface area (Å²) in [6.07, 6.45) is 0. The second-order valence-electron chi connectivity index (χ2n) is 5.41. The number of carbonyl (C=O) groups excluding carboxylic acids is 1. The fourth-order valence-electron chi connectivity index (χ4n) is 2.43. The molecule has 1 amide bonds. The molecule has 1 heterocycles. The van der Waals surface area contributed by atoms with Crippen molar-refractivity contribution in [1.82, 2.24) is 4.98 Å². The maximum absolute atomic E-state index is 12.6. The fourth-order valence-corrected chi connectivity index (χ4v) is 3.57. The van der Waals surface area contributed by atoms with E-state index < -0.39 is 0 Å². The van der Waals surface area contributed by atoms with Gasteiger partial charge < -0.3 is 14.2 Å². The first-order chi connectivity index (χ1) is 13.0. The van der Waals surface area contributed by atoms with E-state index in [1.54, 1.807) is 39.5 Å². The zero-order valence-electron chi connectivity index (χ0n) is 14.9. The number of nitrogens with one attached hydrogen (secondary N) is 1. The van der Waals surface area contributed by atoms with Gasteiger partial charge in [0.15, 0.2) is 16.6 Å². The number of anilines is 1. The Kier molecular flexibility index (Phi) is 5.98. The van der Waals surface area contributed by atoms with E-state index in [0.29, 0.717) is 32.4 Å². The Labute approximate surface area is 169 Å². The van der Waals surface area contributed by atoms with Gasteiger partial charge in [0.2, 0.25) is 0 Å². The van der Waals surface area contributed by atoms with Crippen LogP contribution in [0.25, 0.3) is 11.3 Å². The minimum atomic E-state index is -0.269. The highest BCUT2D eigenvalue weighted by molar-refractivity contribution is 9.10. The molecule has 0 saturated heterocycles. The summed E-state index contributed by atoms with van der Waals surface area (Å²) in [5.41, 5.74) is 2.07. The first kappa shape index (κ1) is 19.2. The number of thiazole rings is 1. The minimum absolute atomic E-state index is 0.269. The Morgan fingerprint density at radius 3 is 2.52 bits per heavy atom. The van der Waals surface area contributed by atoms with Crippen LogP contribution in [0.5, 0.6) is 17.2 Å². The van der Waals surface area contributed by atoms with Crippen molar-refractivity contribution in [2.24, 2.45) is 0 Å². The molecule has 0 spiro atoms. The number of halogens is 1. The van der Waals surface area contributed by atoms with Crippen molar-refractivity contribution < 1.29 is 19.0 Å². The lowest BCUT2D eigenvalue weighted by Gasteiger charge is -2.08. The molecule has 27 heavy (non-hydrogen) atoms. The third kappa shape index (κ3) is 4.23. The molecule has 1 N–H and O–H groups in total. The van der Waals surface area contributed by atoms with E-state index in [1.807, 2.05) is 23.6 Å². The van der Waals surface area contributed by atoms with E-state index in [9.17, 15) is 4.79 Å². The normalized spacial score (nSPS) is 10.4. The van der Waals surface area contributed by atoms with Crippen LogP contribution in [0, 0.1) is 0 Å². The molecule has 1 aromatic heterocycles. The van der Waals surface area contributed by atoms with Gasteiger partial charge in [-0.3, -0.25) is 10.1 Å². The Morgan fingerprint density at radius 1 is 1.04 bits per heavy atom. The second kappa shape index (κ2) is 8.41. The Balaban J connectivity index is 1.81. The Bertz CT molecular complexity index is 974. The predicted octanol–water partition coefficient (Wildman–Crippen LogP) is 4.85. The number of benzene rings is 2. The van der Waals surface area contributed by atoms with Gasteiger partial charge in [0.1, 0.15) is 5.75 Å². The summed E-state index contributed by atoms with van der Waals surface area (Å²) in [6, 6.07) is 10.8. The van der Waals surface area contributed by atoms with Crippen molar-refractivity contribution in [3.05, 3.63) is 51.8 Å². The molecule has 3 aromatic rings. The zero-order chi connectivity index (χ0) is 19.4. The van der Waals surface area contributed by atoms with Crippen molar-refractivity contribution in [2.45, 2.75) is 0 Å². The van der Waals surface area contributed by atoms with Gasteiger partial charge in [-0.15, -0.1) is 11.3 Å². The molecule has 0 atom stereocenters. The van der Waals surface area contributed by atoms with Crippen LogP contribution >= 0.6 is 27.3 Å². The summed E-state index contributed by atoms with van der Waals surface area (Å²) in [4.78, 5) is 17.1. The van der Waals surface area contributed by atoms with Crippen LogP contribution in [0.15, 0.2) is 46.3 Å². The summed E-state index contributed by atoms with van der Waals surface area (Å²) in [5.74, 6) is 1.60. The van der Waals surface area contributed by atoms with Gasteiger partial charge in [-0.05, 0) is 52.3 Å².